The number of carbonyl (C=O) groups excluding carboxylic acids is 3. The molecule has 0 aromatic carbocycles. The molecule has 2 N–H and O–H groups in total. The normalized spacial score (nSPS) is 13.1. The first-order chi connectivity index (χ1) is 11.6. The Morgan fingerprint density at radius 2 is 1.52 bits per heavy atom. The summed E-state index contributed by atoms with van der Waals surface area (Å²) in [5.41, 5.74) is -0.679. The molecule has 0 saturated carbocycles. The summed E-state index contributed by atoms with van der Waals surface area (Å²) in [6, 6.07) is -1.65. The van der Waals surface area contributed by atoms with Crippen LogP contribution >= 0.6 is 0 Å². The SMILES string of the molecule is C=CCCC(NC(=O)OC(C)(C)C)C(=O)NC(CCC=C)C(=O)OC. The first kappa shape index (κ1) is 22.7. The van der Waals surface area contributed by atoms with Crippen LogP contribution in [0.15, 0.2) is 25.3 Å². The molecule has 2 amide bonds. The van der Waals surface area contributed by atoms with Gasteiger partial charge in [-0.3, -0.25) is 4.79 Å². The minimum absolute atomic E-state index is 0.337. The Morgan fingerprint density at radius 3 is 1.96 bits per heavy atom. The summed E-state index contributed by atoms with van der Waals surface area (Å²) >= 11 is 0. The van der Waals surface area contributed by atoms with E-state index in [1.54, 1.807) is 32.9 Å². The molecule has 0 spiro atoms. The molecule has 0 rings (SSSR count). The van der Waals surface area contributed by atoms with E-state index in [0.717, 1.165) is 0 Å². The van der Waals surface area contributed by atoms with E-state index in [-0.39, 0.29) is 0 Å². The van der Waals surface area contributed by atoms with Crippen LogP contribution in [-0.4, -0.2) is 42.8 Å². The number of allylic oxidation sites excluding steroid dienone is 2. The molecule has 0 aromatic rings. The first-order valence-electron chi connectivity index (χ1n) is 8.24. The standard InChI is InChI=1S/C18H30N2O5/c1-7-9-11-13(20-17(23)25-18(3,4)5)15(21)19-14(12-10-8-2)16(22)24-6/h7-8,13-14H,1-2,9-12H2,3-6H3,(H,19,21)(H,20,23). The lowest BCUT2D eigenvalue weighted by atomic mass is 10.1. The average Bonchev–Trinajstić information content (AvgIpc) is 2.52. The van der Waals surface area contributed by atoms with Crippen LogP contribution < -0.4 is 10.6 Å². The highest BCUT2D eigenvalue weighted by atomic mass is 16.6. The van der Waals surface area contributed by atoms with Crippen molar-refractivity contribution in [3.8, 4) is 0 Å². The number of rotatable bonds is 10. The van der Waals surface area contributed by atoms with E-state index < -0.39 is 35.7 Å². The third-order valence-corrected chi connectivity index (χ3v) is 3.13. The van der Waals surface area contributed by atoms with Crippen LogP contribution in [0.3, 0.4) is 0 Å². The van der Waals surface area contributed by atoms with Crippen LogP contribution in [0.4, 0.5) is 4.79 Å². The summed E-state index contributed by atoms with van der Waals surface area (Å²) in [6.07, 6.45) is 4.35. The van der Waals surface area contributed by atoms with E-state index in [2.05, 4.69) is 23.8 Å². The van der Waals surface area contributed by atoms with E-state index in [4.69, 9.17) is 9.47 Å². The minimum Gasteiger partial charge on any atom is -0.467 e. The van der Waals surface area contributed by atoms with Crippen molar-refractivity contribution < 1.29 is 23.9 Å². The van der Waals surface area contributed by atoms with E-state index in [0.29, 0.717) is 25.7 Å². The third kappa shape index (κ3) is 10.2. The van der Waals surface area contributed by atoms with Gasteiger partial charge in [0.2, 0.25) is 5.91 Å². The smallest absolute Gasteiger partial charge is 0.408 e. The zero-order valence-electron chi connectivity index (χ0n) is 15.6. The van der Waals surface area contributed by atoms with Crippen molar-refractivity contribution >= 4 is 18.0 Å². The molecule has 0 bridgehead atoms. The van der Waals surface area contributed by atoms with Crippen molar-refractivity contribution in [2.75, 3.05) is 7.11 Å². The Bertz CT molecular complexity index is 482. The number of ether oxygens (including phenoxy) is 2. The number of amides is 2. The van der Waals surface area contributed by atoms with E-state index in [9.17, 15) is 14.4 Å². The summed E-state index contributed by atoms with van der Waals surface area (Å²) in [6.45, 7) is 12.4. The molecule has 0 heterocycles. The minimum atomic E-state index is -0.844. The van der Waals surface area contributed by atoms with Crippen LogP contribution in [0.2, 0.25) is 0 Å². The molecule has 0 saturated heterocycles. The summed E-state index contributed by atoms with van der Waals surface area (Å²) in [5.74, 6) is -1.03. The fourth-order valence-corrected chi connectivity index (χ4v) is 1.95. The number of nitrogens with one attached hydrogen (secondary N) is 2. The lowest BCUT2D eigenvalue weighted by molar-refractivity contribution is -0.145. The molecule has 0 aromatic heterocycles. The van der Waals surface area contributed by atoms with Gasteiger partial charge in [0.05, 0.1) is 7.11 Å². The number of methoxy groups -OCH3 is 1. The van der Waals surface area contributed by atoms with Gasteiger partial charge >= 0.3 is 12.1 Å². The van der Waals surface area contributed by atoms with Gasteiger partial charge in [0, 0.05) is 0 Å². The number of alkyl carbamates (subject to hydrolysis) is 1. The van der Waals surface area contributed by atoms with Gasteiger partial charge in [-0.05, 0) is 46.5 Å². The Balaban J connectivity index is 4.99. The zero-order chi connectivity index (χ0) is 19.5. The van der Waals surface area contributed by atoms with Crippen LogP contribution in [0.1, 0.15) is 46.5 Å². The van der Waals surface area contributed by atoms with Crippen molar-refractivity contribution in [1.29, 1.82) is 0 Å². The second-order valence-electron chi connectivity index (χ2n) is 6.52. The summed E-state index contributed by atoms with van der Waals surface area (Å²) in [7, 11) is 1.25. The van der Waals surface area contributed by atoms with Gasteiger partial charge in [-0.15, -0.1) is 13.2 Å². The second kappa shape index (κ2) is 11.3. The summed E-state index contributed by atoms with van der Waals surface area (Å²) < 4.78 is 9.88. The molecule has 7 nitrogen and oxygen atoms in total. The number of hydrogen-bond acceptors (Lipinski definition) is 5. The van der Waals surface area contributed by atoms with Gasteiger partial charge in [-0.2, -0.15) is 0 Å². The fourth-order valence-electron chi connectivity index (χ4n) is 1.95. The molecule has 0 aliphatic carbocycles. The predicted octanol–water partition coefficient (Wildman–Crippen LogP) is 2.47. The maximum Gasteiger partial charge on any atom is 0.408 e. The van der Waals surface area contributed by atoms with Crippen molar-refractivity contribution in [2.24, 2.45) is 0 Å². The van der Waals surface area contributed by atoms with Gasteiger partial charge in [0.25, 0.3) is 0 Å². The molecule has 2 atom stereocenters. The van der Waals surface area contributed by atoms with Crippen LogP contribution in [0.25, 0.3) is 0 Å². The molecular weight excluding hydrogens is 324 g/mol. The zero-order valence-corrected chi connectivity index (χ0v) is 15.6. The topological polar surface area (TPSA) is 93.7 Å². The molecule has 142 valence electrons. The highest BCUT2D eigenvalue weighted by molar-refractivity contribution is 5.89. The van der Waals surface area contributed by atoms with Crippen molar-refractivity contribution in [3.63, 3.8) is 0 Å². The van der Waals surface area contributed by atoms with Crippen molar-refractivity contribution in [1.82, 2.24) is 10.6 Å². The van der Waals surface area contributed by atoms with Gasteiger partial charge in [0.1, 0.15) is 17.7 Å². The average molecular weight is 354 g/mol. The largest absolute Gasteiger partial charge is 0.467 e. The van der Waals surface area contributed by atoms with Gasteiger partial charge < -0.3 is 20.1 Å². The van der Waals surface area contributed by atoms with Crippen LogP contribution in [0.5, 0.6) is 0 Å². The lowest BCUT2D eigenvalue weighted by Gasteiger charge is -2.24. The molecule has 0 aliphatic heterocycles. The van der Waals surface area contributed by atoms with Crippen LogP contribution in [-0.2, 0) is 19.1 Å². The summed E-state index contributed by atoms with van der Waals surface area (Å²) in [4.78, 5) is 36.2. The van der Waals surface area contributed by atoms with Gasteiger partial charge in [0.15, 0.2) is 0 Å². The molecule has 2 unspecified atom stereocenters. The van der Waals surface area contributed by atoms with E-state index in [1.807, 2.05) is 0 Å². The quantitative estimate of drug-likeness (QED) is 0.464. The van der Waals surface area contributed by atoms with Gasteiger partial charge in [-0.1, -0.05) is 12.2 Å². The Morgan fingerprint density at radius 1 is 1.00 bits per heavy atom. The predicted molar refractivity (Wildman–Crippen MR) is 96.0 cm³/mol. The first-order valence-corrected chi connectivity index (χ1v) is 8.24. The fraction of sp³-hybridized carbons (Fsp3) is 0.611. The lowest BCUT2D eigenvalue weighted by Crippen LogP contribution is -2.52. The van der Waals surface area contributed by atoms with E-state index >= 15 is 0 Å². The highest BCUT2D eigenvalue weighted by Gasteiger charge is 2.28. The van der Waals surface area contributed by atoms with Gasteiger partial charge in [-0.25, -0.2) is 9.59 Å². The molecule has 0 radical (unpaired) electrons. The van der Waals surface area contributed by atoms with Crippen molar-refractivity contribution in [2.45, 2.75) is 64.1 Å². The van der Waals surface area contributed by atoms with Crippen LogP contribution in [0, 0.1) is 0 Å². The number of carbonyl (C=O) groups is 3. The molecular formula is C18H30N2O5. The van der Waals surface area contributed by atoms with E-state index in [1.165, 1.54) is 7.11 Å². The Kier molecular flexibility index (Phi) is 10.2. The Hall–Kier alpha value is -2.31. The maximum atomic E-state index is 12.5. The summed E-state index contributed by atoms with van der Waals surface area (Å²) in [5, 5.41) is 5.15. The maximum absolute atomic E-state index is 12.5. The Labute approximate surface area is 149 Å². The molecule has 7 heteroatoms. The number of esters is 1. The molecule has 0 fully saturated rings. The second-order valence-corrected chi connectivity index (χ2v) is 6.52. The van der Waals surface area contributed by atoms with Crippen molar-refractivity contribution in [3.05, 3.63) is 25.3 Å². The monoisotopic (exact) mass is 354 g/mol. The molecule has 0 aliphatic rings. The number of hydrogen-bond donors (Lipinski definition) is 2. The third-order valence-electron chi connectivity index (χ3n) is 3.13. The highest BCUT2D eigenvalue weighted by Crippen LogP contribution is 2.09. The molecule has 25 heavy (non-hydrogen) atoms.